The Bertz CT molecular complexity index is 471. The van der Waals surface area contributed by atoms with E-state index in [1.807, 2.05) is 32.9 Å². The van der Waals surface area contributed by atoms with Crippen LogP contribution in [0.3, 0.4) is 0 Å². The van der Waals surface area contributed by atoms with Crippen molar-refractivity contribution in [2.45, 2.75) is 45.4 Å². The van der Waals surface area contributed by atoms with Crippen molar-refractivity contribution in [1.82, 2.24) is 4.90 Å². The van der Waals surface area contributed by atoms with Gasteiger partial charge in [0.15, 0.2) is 0 Å². The topological polar surface area (TPSA) is 55.6 Å². The number of halogens is 1. The normalized spacial score (nSPS) is 18.0. The molecule has 1 amide bonds. The summed E-state index contributed by atoms with van der Waals surface area (Å²) in [5, 5.41) is 0. The predicted octanol–water partition coefficient (Wildman–Crippen LogP) is 2.73. The molecule has 4 nitrogen and oxygen atoms in total. The van der Waals surface area contributed by atoms with Crippen LogP contribution in [-0.4, -0.2) is 29.2 Å². The van der Waals surface area contributed by atoms with E-state index in [0.717, 1.165) is 6.42 Å². The lowest BCUT2D eigenvalue weighted by molar-refractivity contribution is 0.0128. The Morgan fingerprint density at radius 3 is 2.50 bits per heavy atom. The number of hydrogen-bond donors (Lipinski definition) is 1. The van der Waals surface area contributed by atoms with Crippen molar-refractivity contribution >= 4 is 18.5 Å². The molecule has 0 bridgehead atoms. The molecule has 1 aromatic carbocycles. The lowest BCUT2D eigenvalue weighted by Crippen LogP contribution is -2.49. The summed E-state index contributed by atoms with van der Waals surface area (Å²) in [6.45, 7) is 6.65. The first-order chi connectivity index (χ1) is 8.90. The van der Waals surface area contributed by atoms with Gasteiger partial charge in [0, 0.05) is 13.1 Å². The van der Waals surface area contributed by atoms with E-state index in [1.165, 1.54) is 11.1 Å². The van der Waals surface area contributed by atoms with Crippen LogP contribution in [-0.2, 0) is 17.7 Å². The highest BCUT2D eigenvalue weighted by atomic mass is 35.5. The van der Waals surface area contributed by atoms with Crippen LogP contribution in [0.1, 0.15) is 31.9 Å². The van der Waals surface area contributed by atoms with Crippen LogP contribution in [0, 0.1) is 0 Å². The summed E-state index contributed by atoms with van der Waals surface area (Å²) < 4.78 is 5.46. The summed E-state index contributed by atoms with van der Waals surface area (Å²) >= 11 is 0. The van der Waals surface area contributed by atoms with E-state index >= 15 is 0 Å². The fourth-order valence-corrected chi connectivity index (χ4v) is 2.33. The van der Waals surface area contributed by atoms with Crippen LogP contribution in [0.4, 0.5) is 4.79 Å². The van der Waals surface area contributed by atoms with Crippen molar-refractivity contribution in [3.05, 3.63) is 35.4 Å². The molecule has 1 aromatic rings. The number of rotatable bonds is 1. The Morgan fingerprint density at radius 2 is 1.95 bits per heavy atom. The highest BCUT2D eigenvalue weighted by Gasteiger charge is 2.31. The van der Waals surface area contributed by atoms with Crippen molar-refractivity contribution < 1.29 is 9.53 Å². The second-order valence-electron chi connectivity index (χ2n) is 5.97. The minimum atomic E-state index is -0.479. The zero-order chi connectivity index (χ0) is 14.0. The highest BCUT2D eigenvalue weighted by molar-refractivity contribution is 5.85. The number of amides is 1. The van der Waals surface area contributed by atoms with Crippen molar-refractivity contribution in [3.63, 3.8) is 0 Å². The third kappa shape index (κ3) is 3.87. The maximum atomic E-state index is 12.2. The van der Waals surface area contributed by atoms with E-state index in [9.17, 15) is 4.79 Å². The van der Waals surface area contributed by atoms with Gasteiger partial charge < -0.3 is 10.5 Å². The van der Waals surface area contributed by atoms with Gasteiger partial charge in [-0.1, -0.05) is 24.3 Å². The molecule has 5 heteroatoms. The third-order valence-electron chi connectivity index (χ3n) is 3.26. The molecule has 1 aliphatic rings. The third-order valence-corrected chi connectivity index (χ3v) is 3.26. The zero-order valence-corrected chi connectivity index (χ0v) is 13.1. The number of fused-ring (bicyclic) bond motifs is 1. The average Bonchev–Trinajstić information content (AvgIpc) is 2.35. The molecular weight excluding hydrogens is 276 g/mol. The zero-order valence-electron chi connectivity index (χ0n) is 12.3. The summed E-state index contributed by atoms with van der Waals surface area (Å²) in [4.78, 5) is 14.0. The Kier molecular flexibility index (Phi) is 5.42. The van der Waals surface area contributed by atoms with Gasteiger partial charge in [0.1, 0.15) is 5.60 Å². The van der Waals surface area contributed by atoms with Crippen LogP contribution >= 0.6 is 12.4 Å². The summed E-state index contributed by atoms with van der Waals surface area (Å²) in [6.07, 6.45) is 0.517. The lowest BCUT2D eigenvalue weighted by atomic mass is 9.94. The number of carbonyl (C=O) groups is 1. The van der Waals surface area contributed by atoms with E-state index in [0.29, 0.717) is 13.1 Å². The standard InChI is InChI=1S/C15H22N2O2.ClH/c1-15(2,3)19-14(18)17-10-12-7-5-4-6-11(12)8-13(17)9-16;/h4-7,13H,8-10,16H2,1-3H3;1H/t13-;/m0./s1. The summed E-state index contributed by atoms with van der Waals surface area (Å²) in [5.74, 6) is 0. The van der Waals surface area contributed by atoms with Gasteiger partial charge in [-0.25, -0.2) is 4.79 Å². The van der Waals surface area contributed by atoms with Gasteiger partial charge in [-0.3, -0.25) is 4.90 Å². The molecule has 112 valence electrons. The first kappa shape index (κ1) is 16.8. The molecule has 2 rings (SSSR count). The SMILES string of the molecule is CC(C)(C)OC(=O)N1Cc2ccccc2C[C@H]1CN.Cl. The van der Waals surface area contributed by atoms with E-state index < -0.39 is 5.60 Å². The van der Waals surface area contributed by atoms with Gasteiger partial charge in [0.2, 0.25) is 0 Å². The summed E-state index contributed by atoms with van der Waals surface area (Å²) in [5.41, 5.74) is 7.78. The Labute approximate surface area is 126 Å². The Balaban J connectivity index is 0.00000200. The van der Waals surface area contributed by atoms with E-state index in [-0.39, 0.29) is 24.5 Å². The maximum absolute atomic E-state index is 12.2. The van der Waals surface area contributed by atoms with Crippen molar-refractivity contribution in [3.8, 4) is 0 Å². The molecule has 0 radical (unpaired) electrons. The minimum absolute atomic E-state index is 0. The van der Waals surface area contributed by atoms with E-state index in [4.69, 9.17) is 10.5 Å². The largest absolute Gasteiger partial charge is 0.444 e. The molecule has 0 fully saturated rings. The molecule has 0 unspecified atom stereocenters. The van der Waals surface area contributed by atoms with Gasteiger partial charge >= 0.3 is 6.09 Å². The first-order valence-corrected chi connectivity index (χ1v) is 6.67. The molecule has 0 spiro atoms. The average molecular weight is 299 g/mol. The van der Waals surface area contributed by atoms with Gasteiger partial charge in [-0.2, -0.15) is 0 Å². The van der Waals surface area contributed by atoms with E-state index in [1.54, 1.807) is 4.90 Å². The molecule has 1 atom stereocenters. The highest BCUT2D eigenvalue weighted by Crippen LogP contribution is 2.24. The second-order valence-corrected chi connectivity index (χ2v) is 5.97. The van der Waals surface area contributed by atoms with Crippen LogP contribution in [0.2, 0.25) is 0 Å². The molecule has 2 N–H and O–H groups in total. The van der Waals surface area contributed by atoms with E-state index in [2.05, 4.69) is 12.1 Å². The number of carbonyl (C=O) groups excluding carboxylic acids is 1. The Morgan fingerprint density at radius 1 is 1.35 bits per heavy atom. The fourth-order valence-electron chi connectivity index (χ4n) is 2.33. The summed E-state index contributed by atoms with van der Waals surface area (Å²) in [7, 11) is 0. The van der Waals surface area contributed by atoms with Crippen LogP contribution < -0.4 is 5.73 Å². The molecule has 20 heavy (non-hydrogen) atoms. The van der Waals surface area contributed by atoms with Gasteiger partial charge in [0.05, 0.1) is 6.04 Å². The smallest absolute Gasteiger partial charge is 0.410 e. The first-order valence-electron chi connectivity index (χ1n) is 6.67. The Hall–Kier alpha value is -1.26. The number of nitrogens with two attached hydrogens (primary N) is 1. The molecular formula is C15H23ClN2O2. The molecule has 0 aliphatic carbocycles. The molecule has 0 saturated carbocycles. The van der Waals surface area contributed by atoms with Gasteiger partial charge in [0.25, 0.3) is 0 Å². The maximum Gasteiger partial charge on any atom is 0.410 e. The second kappa shape index (κ2) is 6.46. The van der Waals surface area contributed by atoms with Crippen molar-refractivity contribution in [1.29, 1.82) is 0 Å². The molecule has 1 aliphatic heterocycles. The number of nitrogens with zero attached hydrogens (tertiary/aromatic N) is 1. The monoisotopic (exact) mass is 298 g/mol. The van der Waals surface area contributed by atoms with Gasteiger partial charge in [-0.15, -0.1) is 12.4 Å². The van der Waals surface area contributed by atoms with Crippen molar-refractivity contribution in [2.75, 3.05) is 6.54 Å². The fraction of sp³-hybridized carbons (Fsp3) is 0.533. The molecule has 1 heterocycles. The number of hydrogen-bond acceptors (Lipinski definition) is 3. The van der Waals surface area contributed by atoms with Crippen LogP contribution in [0.15, 0.2) is 24.3 Å². The molecule has 0 saturated heterocycles. The predicted molar refractivity (Wildman–Crippen MR) is 82.0 cm³/mol. The summed E-state index contributed by atoms with van der Waals surface area (Å²) in [6, 6.07) is 8.19. The quantitative estimate of drug-likeness (QED) is 0.867. The van der Waals surface area contributed by atoms with Gasteiger partial charge in [-0.05, 0) is 38.3 Å². The number of benzene rings is 1. The lowest BCUT2D eigenvalue weighted by Gasteiger charge is -2.37. The van der Waals surface area contributed by atoms with Crippen LogP contribution in [0.5, 0.6) is 0 Å². The minimum Gasteiger partial charge on any atom is -0.444 e. The number of ether oxygens (including phenoxy) is 1. The molecule has 0 aromatic heterocycles. The van der Waals surface area contributed by atoms with Crippen molar-refractivity contribution in [2.24, 2.45) is 5.73 Å². The van der Waals surface area contributed by atoms with Crippen LogP contribution in [0.25, 0.3) is 0 Å².